The quantitative estimate of drug-likeness (QED) is 0.189. The molecule has 3 atom stereocenters. The van der Waals surface area contributed by atoms with E-state index in [9.17, 15) is 0 Å². The van der Waals surface area contributed by atoms with Crippen molar-refractivity contribution in [3.8, 4) is 11.1 Å². The van der Waals surface area contributed by atoms with E-state index in [0.29, 0.717) is 0 Å². The Bertz CT molecular complexity index is 2340. The highest BCUT2D eigenvalue weighted by molar-refractivity contribution is 7.26. The van der Waals surface area contributed by atoms with Gasteiger partial charge in [0.15, 0.2) is 0 Å². The summed E-state index contributed by atoms with van der Waals surface area (Å²) in [5, 5.41) is 19.4. The molecule has 1 saturated heterocycles. The van der Waals surface area contributed by atoms with Gasteiger partial charge in [0.2, 0.25) is 0 Å². The zero-order chi connectivity index (χ0) is 29.7. The predicted octanol–water partition coefficient (Wildman–Crippen LogP) is 10.2. The maximum atomic E-state index is 3.90. The molecule has 0 radical (unpaired) electrons. The third-order valence-corrected chi connectivity index (χ3v) is 10.3. The molecule has 1 aliphatic heterocycles. The first-order valence-corrected chi connectivity index (χ1v) is 16.4. The minimum absolute atomic E-state index is 0.0214. The third-order valence-electron chi connectivity index (χ3n) is 9.15. The van der Waals surface area contributed by atoms with Crippen LogP contribution in [0.2, 0.25) is 0 Å². The van der Waals surface area contributed by atoms with Crippen molar-refractivity contribution in [3.05, 3.63) is 168 Å². The smallest absolute Gasteiger partial charge is 0.0864 e. The molecule has 7 aromatic carbocycles. The second-order valence-corrected chi connectivity index (χ2v) is 13.0. The zero-order valence-electron chi connectivity index (χ0n) is 24.6. The van der Waals surface area contributed by atoms with E-state index in [0.717, 1.165) is 0 Å². The third kappa shape index (κ3) is 4.71. The average molecular weight is 598 g/mol. The van der Waals surface area contributed by atoms with Gasteiger partial charge >= 0.3 is 0 Å². The van der Waals surface area contributed by atoms with E-state index < -0.39 is 0 Å². The summed E-state index contributed by atoms with van der Waals surface area (Å²) in [6.07, 6.45) is -0.124. The molecular formula is C41H31N3S. The summed E-state index contributed by atoms with van der Waals surface area (Å²) in [7, 11) is 0. The summed E-state index contributed by atoms with van der Waals surface area (Å²) in [6.45, 7) is 0. The van der Waals surface area contributed by atoms with Crippen LogP contribution in [-0.2, 0) is 0 Å². The molecule has 216 valence electrons. The number of thiophene rings is 1. The Balaban J connectivity index is 1.15. The SMILES string of the molecule is c1ccc(C2NC(c3cccc(-c4cccc5ccc6sc7ccccc7c6c45)c3)NC(c3ccc4ccccc4c3)N2)cc1. The van der Waals surface area contributed by atoms with Crippen LogP contribution in [0.15, 0.2) is 152 Å². The number of benzene rings is 7. The standard InChI is InChI=1S/C41H31N3S/c1-2-11-28(12-3-1)39-42-40(44-41(43-39)32-21-20-26-10-4-5-13-29(26)24-32)31-16-8-15-30(25-31)33-18-9-14-27-22-23-36-38(37(27)33)34-17-6-7-19-35(34)45-36/h1-25,39-44H. The van der Waals surface area contributed by atoms with E-state index in [1.807, 2.05) is 11.3 Å². The molecular weight excluding hydrogens is 567 g/mol. The summed E-state index contributed by atoms with van der Waals surface area (Å²) in [4.78, 5) is 0. The Morgan fingerprint density at radius 3 is 1.91 bits per heavy atom. The van der Waals surface area contributed by atoms with Gasteiger partial charge < -0.3 is 0 Å². The maximum absolute atomic E-state index is 3.90. The van der Waals surface area contributed by atoms with Gasteiger partial charge in [-0.1, -0.05) is 127 Å². The molecule has 0 aliphatic carbocycles. The second-order valence-electron chi connectivity index (χ2n) is 11.9. The van der Waals surface area contributed by atoms with Crippen molar-refractivity contribution in [2.24, 2.45) is 0 Å². The Labute approximate surface area is 266 Å². The Hall–Kier alpha value is -4.84. The van der Waals surface area contributed by atoms with Gasteiger partial charge in [-0.2, -0.15) is 0 Å². The van der Waals surface area contributed by atoms with Gasteiger partial charge in [0, 0.05) is 20.2 Å². The number of hydrogen-bond acceptors (Lipinski definition) is 4. The summed E-state index contributed by atoms with van der Waals surface area (Å²) in [6, 6.07) is 55.1. The fourth-order valence-corrected chi connectivity index (χ4v) is 8.09. The molecule has 0 bridgehead atoms. The van der Waals surface area contributed by atoms with Crippen LogP contribution in [0.1, 0.15) is 35.2 Å². The Morgan fingerprint density at radius 2 is 1.04 bits per heavy atom. The van der Waals surface area contributed by atoms with Crippen LogP contribution in [0, 0.1) is 0 Å². The zero-order valence-corrected chi connectivity index (χ0v) is 25.4. The highest BCUT2D eigenvalue weighted by Gasteiger charge is 2.30. The van der Waals surface area contributed by atoms with Gasteiger partial charge in [0.05, 0.1) is 18.5 Å². The molecule has 45 heavy (non-hydrogen) atoms. The first-order chi connectivity index (χ1) is 22.3. The van der Waals surface area contributed by atoms with Crippen LogP contribution in [-0.4, -0.2) is 0 Å². The first-order valence-electron chi connectivity index (χ1n) is 15.5. The van der Waals surface area contributed by atoms with E-state index in [4.69, 9.17) is 0 Å². The summed E-state index contributed by atoms with van der Waals surface area (Å²) < 4.78 is 2.66. The van der Waals surface area contributed by atoms with Gasteiger partial charge in [-0.25, -0.2) is 0 Å². The minimum atomic E-state index is -0.0650. The maximum Gasteiger partial charge on any atom is 0.0864 e. The van der Waals surface area contributed by atoms with E-state index >= 15 is 0 Å². The van der Waals surface area contributed by atoms with E-state index in [1.165, 1.54) is 69.5 Å². The van der Waals surface area contributed by atoms with Crippen LogP contribution < -0.4 is 16.0 Å². The minimum Gasteiger partial charge on any atom is -0.279 e. The van der Waals surface area contributed by atoms with Crippen LogP contribution in [0.3, 0.4) is 0 Å². The predicted molar refractivity (Wildman–Crippen MR) is 190 cm³/mol. The fraction of sp³-hybridized carbons (Fsp3) is 0.0732. The monoisotopic (exact) mass is 597 g/mol. The van der Waals surface area contributed by atoms with Crippen LogP contribution in [0.4, 0.5) is 0 Å². The Morgan fingerprint density at radius 1 is 0.400 bits per heavy atom. The van der Waals surface area contributed by atoms with Crippen molar-refractivity contribution in [1.29, 1.82) is 0 Å². The normalized spacial score (nSPS) is 18.6. The van der Waals surface area contributed by atoms with Gasteiger partial charge in [0.1, 0.15) is 0 Å². The van der Waals surface area contributed by atoms with Crippen LogP contribution in [0.5, 0.6) is 0 Å². The number of hydrogen-bond donors (Lipinski definition) is 3. The van der Waals surface area contributed by atoms with Gasteiger partial charge in [0.25, 0.3) is 0 Å². The highest BCUT2D eigenvalue weighted by atomic mass is 32.1. The molecule has 0 amide bonds. The first kappa shape index (κ1) is 26.6. The lowest BCUT2D eigenvalue weighted by atomic mass is 9.93. The van der Waals surface area contributed by atoms with E-state index in [2.05, 4.69) is 168 Å². The molecule has 0 spiro atoms. The van der Waals surface area contributed by atoms with Crippen molar-refractivity contribution in [2.75, 3.05) is 0 Å². The highest BCUT2D eigenvalue weighted by Crippen LogP contribution is 2.42. The Kier molecular flexibility index (Phi) is 6.46. The topological polar surface area (TPSA) is 36.1 Å². The number of fused-ring (bicyclic) bond motifs is 6. The van der Waals surface area contributed by atoms with Crippen LogP contribution >= 0.6 is 11.3 Å². The molecule has 3 nitrogen and oxygen atoms in total. The van der Waals surface area contributed by atoms with Crippen molar-refractivity contribution in [2.45, 2.75) is 18.5 Å². The number of rotatable bonds is 4. The van der Waals surface area contributed by atoms with E-state index in [-0.39, 0.29) is 18.5 Å². The largest absolute Gasteiger partial charge is 0.279 e. The van der Waals surface area contributed by atoms with Gasteiger partial charge in [-0.15, -0.1) is 11.3 Å². The molecule has 3 N–H and O–H groups in total. The average Bonchev–Trinajstić information content (AvgIpc) is 3.50. The lowest BCUT2D eigenvalue weighted by Gasteiger charge is -2.39. The molecule has 8 aromatic rings. The molecule has 3 unspecified atom stereocenters. The summed E-state index contributed by atoms with van der Waals surface area (Å²) >= 11 is 1.88. The van der Waals surface area contributed by atoms with Crippen molar-refractivity contribution >= 4 is 53.1 Å². The molecule has 2 heterocycles. The lowest BCUT2D eigenvalue weighted by molar-refractivity contribution is 0.203. The van der Waals surface area contributed by atoms with Crippen LogP contribution in [0.25, 0.3) is 52.8 Å². The molecule has 0 saturated carbocycles. The second kappa shape index (κ2) is 11.0. The fourth-order valence-electron chi connectivity index (χ4n) is 6.97. The van der Waals surface area contributed by atoms with Gasteiger partial charge in [-0.05, 0) is 73.6 Å². The summed E-state index contributed by atoms with van der Waals surface area (Å²) in [5.74, 6) is 0. The van der Waals surface area contributed by atoms with Crippen molar-refractivity contribution in [3.63, 3.8) is 0 Å². The molecule has 1 fully saturated rings. The summed E-state index contributed by atoms with van der Waals surface area (Å²) in [5.41, 5.74) is 6.13. The van der Waals surface area contributed by atoms with Crippen molar-refractivity contribution in [1.82, 2.24) is 16.0 Å². The number of nitrogens with one attached hydrogen (secondary N) is 3. The lowest BCUT2D eigenvalue weighted by Crippen LogP contribution is -2.54. The van der Waals surface area contributed by atoms with Crippen molar-refractivity contribution < 1.29 is 0 Å². The van der Waals surface area contributed by atoms with E-state index in [1.54, 1.807) is 0 Å². The van der Waals surface area contributed by atoms with Gasteiger partial charge in [-0.3, -0.25) is 16.0 Å². The molecule has 1 aliphatic rings. The molecule has 9 rings (SSSR count). The molecule has 1 aromatic heterocycles. The molecule has 4 heteroatoms.